The molecule has 2 saturated heterocycles. The Labute approximate surface area is 138 Å². The van der Waals surface area contributed by atoms with Crippen LogP contribution in [0.15, 0.2) is 24.3 Å². The molecule has 0 spiro atoms. The molecule has 0 aliphatic carbocycles. The van der Waals surface area contributed by atoms with E-state index in [1.165, 1.54) is 36.3 Å². The second-order valence-corrected chi connectivity index (χ2v) is 7.17. The maximum Gasteiger partial charge on any atom is 0.231 e. The number of piperidine rings is 2. The smallest absolute Gasteiger partial charge is 0.231 e. The number of nitrogens with zero attached hydrogens (tertiary/aromatic N) is 1. The molecule has 1 unspecified atom stereocenters. The van der Waals surface area contributed by atoms with Crippen LogP contribution in [0.1, 0.15) is 37.7 Å². The number of nitrogens with one attached hydrogen (secondary N) is 1. The normalized spacial score (nSPS) is 26.0. The molecule has 2 aliphatic rings. The Morgan fingerprint density at radius 3 is 2.59 bits per heavy atom. The first kappa shape index (κ1) is 15.8. The van der Waals surface area contributed by atoms with Crippen molar-refractivity contribution >= 4 is 17.5 Å². The highest BCUT2D eigenvalue weighted by Crippen LogP contribution is 2.16. The van der Waals surface area contributed by atoms with Gasteiger partial charge in [-0.2, -0.15) is 0 Å². The third-order valence-electron chi connectivity index (χ3n) is 5.00. The zero-order valence-corrected chi connectivity index (χ0v) is 13.9. The summed E-state index contributed by atoms with van der Waals surface area (Å²) in [4.78, 5) is 16.3. The number of hydrogen-bond donors (Lipinski definition) is 1. The summed E-state index contributed by atoms with van der Waals surface area (Å²) in [7, 11) is 0. The van der Waals surface area contributed by atoms with Crippen molar-refractivity contribution in [3.63, 3.8) is 0 Å². The number of benzene rings is 1. The number of carbonyl (C=O) groups excluding carboxylic acids is 1. The fraction of sp³-hybridized carbons (Fsp3) is 0.611. The van der Waals surface area contributed by atoms with E-state index in [1.807, 2.05) is 12.1 Å². The van der Waals surface area contributed by atoms with Crippen LogP contribution in [0, 0.1) is 5.92 Å². The van der Waals surface area contributed by atoms with Crippen LogP contribution >= 0.6 is 11.6 Å². The van der Waals surface area contributed by atoms with Gasteiger partial charge in [0.15, 0.2) is 0 Å². The van der Waals surface area contributed by atoms with Crippen LogP contribution in [-0.2, 0) is 11.3 Å². The quantitative estimate of drug-likeness (QED) is 0.906. The van der Waals surface area contributed by atoms with Crippen LogP contribution in [0.5, 0.6) is 0 Å². The zero-order valence-electron chi connectivity index (χ0n) is 13.2. The molecule has 0 aromatic heterocycles. The standard InChI is InChI=1S/C18H25ClN2O/c19-17-8-6-15(7-9-17)13-20-10-4-5-16(14-20)18(22)21-11-2-1-3-12-21/h6-9,16H,1-5,10-14H2/p+1/t16-/m1/s1. The lowest BCUT2D eigenvalue weighted by atomic mass is 9.95. The minimum absolute atomic E-state index is 0.231. The Morgan fingerprint density at radius 1 is 1.14 bits per heavy atom. The van der Waals surface area contributed by atoms with E-state index in [1.54, 1.807) is 0 Å². The van der Waals surface area contributed by atoms with Crippen LogP contribution in [0.3, 0.4) is 0 Å². The van der Waals surface area contributed by atoms with Gasteiger partial charge in [-0.25, -0.2) is 0 Å². The average Bonchev–Trinajstić information content (AvgIpc) is 2.57. The lowest BCUT2D eigenvalue weighted by molar-refractivity contribution is -0.921. The molecule has 2 heterocycles. The van der Waals surface area contributed by atoms with Crippen molar-refractivity contribution < 1.29 is 9.69 Å². The minimum Gasteiger partial charge on any atom is -0.342 e. The van der Waals surface area contributed by atoms with Crippen molar-refractivity contribution in [3.05, 3.63) is 34.9 Å². The van der Waals surface area contributed by atoms with Gasteiger partial charge < -0.3 is 9.80 Å². The number of carbonyl (C=O) groups is 1. The summed E-state index contributed by atoms with van der Waals surface area (Å²) in [6.07, 6.45) is 5.87. The van der Waals surface area contributed by atoms with Crippen molar-refractivity contribution in [2.45, 2.75) is 38.6 Å². The van der Waals surface area contributed by atoms with E-state index in [-0.39, 0.29) is 5.92 Å². The van der Waals surface area contributed by atoms with Gasteiger partial charge >= 0.3 is 0 Å². The molecule has 2 aliphatic heterocycles. The van der Waals surface area contributed by atoms with E-state index in [0.717, 1.165) is 44.0 Å². The zero-order chi connectivity index (χ0) is 15.4. The maximum absolute atomic E-state index is 12.7. The van der Waals surface area contributed by atoms with Gasteiger partial charge in [0.2, 0.25) is 5.91 Å². The molecule has 3 rings (SSSR count). The number of quaternary nitrogens is 1. The van der Waals surface area contributed by atoms with E-state index in [0.29, 0.717) is 5.91 Å². The van der Waals surface area contributed by atoms with Crippen LogP contribution in [0.25, 0.3) is 0 Å². The van der Waals surface area contributed by atoms with Crippen LogP contribution < -0.4 is 4.90 Å². The second kappa shape index (κ2) is 7.47. The van der Waals surface area contributed by atoms with Gasteiger partial charge in [0, 0.05) is 23.7 Å². The summed E-state index contributed by atoms with van der Waals surface area (Å²) in [6, 6.07) is 8.12. The van der Waals surface area contributed by atoms with E-state index >= 15 is 0 Å². The molecule has 0 radical (unpaired) electrons. The largest absolute Gasteiger partial charge is 0.342 e. The molecule has 2 atom stereocenters. The Bertz CT molecular complexity index is 496. The number of halogens is 1. The third kappa shape index (κ3) is 4.02. The Kier molecular flexibility index (Phi) is 5.37. The fourth-order valence-corrected chi connectivity index (χ4v) is 3.91. The topological polar surface area (TPSA) is 24.8 Å². The molecule has 1 N–H and O–H groups in total. The highest BCUT2D eigenvalue weighted by Gasteiger charge is 2.32. The van der Waals surface area contributed by atoms with Crippen molar-refractivity contribution in [1.29, 1.82) is 0 Å². The predicted octanol–water partition coefficient (Wildman–Crippen LogP) is 2.15. The van der Waals surface area contributed by atoms with Crippen LogP contribution in [0.2, 0.25) is 5.02 Å². The van der Waals surface area contributed by atoms with Crippen molar-refractivity contribution in [2.24, 2.45) is 5.92 Å². The summed E-state index contributed by atoms with van der Waals surface area (Å²) in [5, 5.41) is 0.788. The summed E-state index contributed by atoms with van der Waals surface area (Å²) in [5.74, 6) is 0.641. The summed E-state index contributed by atoms with van der Waals surface area (Å²) in [5.41, 5.74) is 1.31. The third-order valence-corrected chi connectivity index (χ3v) is 5.25. The molecule has 2 fully saturated rings. The first-order valence-electron chi connectivity index (χ1n) is 8.59. The second-order valence-electron chi connectivity index (χ2n) is 6.73. The van der Waals surface area contributed by atoms with Crippen LogP contribution in [0.4, 0.5) is 0 Å². The summed E-state index contributed by atoms with van der Waals surface area (Å²) in [6.45, 7) is 5.11. The van der Waals surface area contributed by atoms with Gasteiger partial charge in [-0.05, 0) is 44.2 Å². The van der Waals surface area contributed by atoms with Crippen molar-refractivity contribution in [3.8, 4) is 0 Å². The summed E-state index contributed by atoms with van der Waals surface area (Å²) < 4.78 is 0. The maximum atomic E-state index is 12.7. The van der Waals surface area contributed by atoms with Gasteiger partial charge in [-0.15, -0.1) is 0 Å². The molecule has 3 nitrogen and oxygen atoms in total. The Balaban J connectivity index is 1.56. The van der Waals surface area contributed by atoms with Crippen molar-refractivity contribution in [2.75, 3.05) is 26.2 Å². The van der Waals surface area contributed by atoms with E-state index in [9.17, 15) is 4.79 Å². The number of amides is 1. The fourth-order valence-electron chi connectivity index (χ4n) is 3.79. The molecule has 120 valence electrons. The first-order valence-corrected chi connectivity index (χ1v) is 8.97. The average molecular weight is 322 g/mol. The molecule has 4 heteroatoms. The van der Waals surface area contributed by atoms with Crippen LogP contribution in [-0.4, -0.2) is 37.0 Å². The van der Waals surface area contributed by atoms with Crippen molar-refractivity contribution in [1.82, 2.24) is 4.90 Å². The molecule has 0 bridgehead atoms. The SMILES string of the molecule is O=C([C@@H]1CCC[NH+](Cc2ccc(Cl)cc2)C1)N1CCCCC1. The lowest BCUT2D eigenvalue weighted by Crippen LogP contribution is -3.12. The molecule has 22 heavy (non-hydrogen) atoms. The van der Waals surface area contributed by atoms with Gasteiger partial charge in [0.1, 0.15) is 6.54 Å². The monoisotopic (exact) mass is 321 g/mol. The number of rotatable bonds is 3. The molecule has 1 amide bonds. The molecule has 1 aromatic rings. The first-order chi connectivity index (χ1) is 10.7. The molecule has 1 aromatic carbocycles. The van der Waals surface area contributed by atoms with Gasteiger partial charge in [0.25, 0.3) is 0 Å². The molecular formula is C18H26ClN2O+. The lowest BCUT2D eigenvalue weighted by Gasteiger charge is -2.34. The Morgan fingerprint density at radius 2 is 1.86 bits per heavy atom. The predicted molar refractivity (Wildman–Crippen MR) is 89.0 cm³/mol. The molecular weight excluding hydrogens is 296 g/mol. The number of likely N-dealkylation sites (tertiary alicyclic amines) is 2. The Hall–Kier alpha value is -1.06. The van der Waals surface area contributed by atoms with Gasteiger partial charge in [-0.3, -0.25) is 4.79 Å². The molecule has 0 saturated carbocycles. The summed E-state index contributed by atoms with van der Waals surface area (Å²) >= 11 is 5.95. The highest BCUT2D eigenvalue weighted by atomic mass is 35.5. The minimum atomic E-state index is 0.231. The highest BCUT2D eigenvalue weighted by molar-refractivity contribution is 6.30. The van der Waals surface area contributed by atoms with E-state index in [4.69, 9.17) is 11.6 Å². The number of hydrogen-bond acceptors (Lipinski definition) is 1. The van der Waals surface area contributed by atoms with Gasteiger partial charge in [-0.1, -0.05) is 23.7 Å². The van der Waals surface area contributed by atoms with E-state index in [2.05, 4.69) is 17.0 Å². The van der Waals surface area contributed by atoms with E-state index < -0.39 is 0 Å². The van der Waals surface area contributed by atoms with Gasteiger partial charge in [0.05, 0.1) is 19.0 Å².